The number of ether oxygens (including phenoxy) is 1. The molecule has 0 atom stereocenters. The van der Waals surface area contributed by atoms with Crippen LogP contribution in [0.5, 0.6) is 0 Å². The van der Waals surface area contributed by atoms with Gasteiger partial charge in [-0.15, -0.1) is 0 Å². The zero-order valence-electron chi connectivity index (χ0n) is 8.32. The lowest BCUT2D eigenvalue weighted by molar-refractivity contribution is -0.387. The van der Waals surface area contributed by atoms with Crippen molar-refractivity contribution in [3.8, 4) is 0 Å². The maximum Gasteiger partial charge on any atom is 0.364 e. The number of aromatic nitrogens is 1. The highest BCUT2D eigenvalue weighted by Gasteiger charge is 2.32. The van der Waals surface area contributed by atoms with Crippen molar-refractivity contribution in [3.63, 3.8) is 0 Å². The molecule has 0 aliphatic rings. The monoisotopic (exact) mass is 250 g/mol. The van der Waals surface area contributed by atoms with Crippen LogP contribution in [0.3, 0.4) is 0 Å². The van der Waals surface area contributed by atoms with E-state index in [-0.39, 0.29) is 6.07 Å². The van der Waals surface area contributed by atoms with Crippen molar-refractivity contribution in [2.45, 2.75) is 6.43 Å². The summed E-state index contributed by atoms with van der Waals surface area (Å²) in [6, 6.07) is 0.204. The van der Waals surface area contributed by atoms with E-state index >= 15 is 0 Å². The molecule has 0 aromatic carbocycles. The molecular formula is C8H5F3N2O4. The minimum Gasteiger partial charge on any atom is -0.464 e. The molecule has 0 spiro atoms. The molecule has 0 unspecified atom stereocenters. The summed E-state index contributed by atoms with van der Waals surface area (Å²) in [5.74, 6) is -2.79. The first kappa shape index (κ1) is 12.9. The van der Waals surface area contributed by atoms with Crippen molar-refractivity contribution in [1.29, 1.82) is 0 Å². The van der Waals surface area contributed by atoms with E-state index in [2.05, 4.69) is 9.72 Å². The molecule has 0 saturated heterocycles. The third-order valence-corrected chi connectivity index (χ3v) is 1.79. The lowest BCUT2D eigenvalue weighted by Crippen LogP contribution is -2.12. The highest BCUT2D eigenvalue weighted by atomic mass is 19.3. The Hall–Kier alpha value is -2.19. The van der Waals surface area contributed by atoms with E-state index in [1.165, 1.54) is 0 Å². The highest BCUT2D eigenvalue weighted by Crippen LogP contribution is 2.31. The molecule has 0 saturated carbocycles. The number of methoxy groups -OCH3 is 1. The summed E-state index contributed by atoms with van der Waals surface area (Å²) < 4.78 is 41.9. The van der Waals surface area contributed by atoms with Gasteiger partial charge in [-0.05, 0) is 0 Å². The number of hydrogen-bond acceptors (Lipinski definition) is 5. The van der Waals surface area contributed by atoms with Crippen molar-refractivity contribution in [2.75, 3.05) is 7.11 Å². The summed E-state index contributed by atoms with van der Waals surface area (Å²) in [5.41, 5.74) is -3.57. The van der Waals surface area contributed by atoms with Gasteiger partial charge in [0.25, 0.3) is 6.43 Å². The van der Waals surface area contributed by atoms with E-state index in [0.717, 1.165) is 7.11 Å². The van der Waals surface area contributed by atoms with Crippen LogP contribution in [0.15, 0.2) is 6.07 Å². The van der Waals surface area contributed by atoms with Gasteiger partial charge in [-0.3, -0.25) is 10.1 Å². The summed E-state index contributed by atoms with van der Waals surface area (Å²) in [6.45, 7) is 0. The Morgan fingerprint density at radius 3 is 2.59 bits per heavy atom. The van der Waals surface area contributed by atoms with Gasteiger partial charge >= 0.3 is 11.7 Å². The van der Waals surface area contributed by atoms with Crippen LogP contribution in [0.25, 0.3) is 0 Å². The Morgan fingerprint density at radius 2 is 2.18 bits per heavy atom. The molecule has 1 aromatic rings. The average molecular weight is 250 g/mol. The first-order valence-corrected chi connectivity index (χ1v) is 4.09. The Kier molecular flexibility index (Phi) is 3.61. The van der Waals surface area contributed by atoms with Gasteiger partial charge in [0.15, 0.2) is 0 Å². The molecule has 0 aliphatic carbocycles. The Balaban J connectivity index is 3.57. The van der Waals surface area contributed by atoms with Gasteiger partial charge in [0.1, 0.15) is 5.56 Å². The maximum atomic E-state index is 12.9. The minimum absolute atomic E-state index is 0.204. The van der Waals surface area contributed by atoms with Gasteiger partial charge in [-0.2, -0.15) is 4.39 Å². The van der Waals surface area contributed by atoms with Gasteiger partial charge in [0.05, 0.1) is 12.0 Å². The largest absolute Gasteiger partial charge is 0.464 e. The quantitative estimate of drug-likeness (QED) is 0.354. The van der Waals surface area contributed by atoms with E-state index in [1.807, 2.05) is 0 Å². The first-order chi connectivity index (χ1) is 7.88. The van der Waals surface area contributed by atoms with E-state index in [1.54, 1.807) is 0 Å². The number of pyridine rings is 1. The predicted octanol–water partition coefficient (Wildman–Crippen LogP) is 1.85. The fraction of sp³-hybridized carbons (Fsp3) is 0.250. The second kappa shape index (κ2) is 4.76. The number of nitrogens with zero attached hydrogens (tertiary/aromatic N) is 2. The van der Waals surface area contributed by atoms with Gasteiger partial charge in [0.2, 0.25) is 11.6 Å². The summed E-state index contributed by atoms with van der Waals surface area (Å²) in [6.07, 6.45) is -3.31. The van der Waals surface area contributed by atoms with Crippen LogP contribution >= 0.6 is 0 Å². The van der Waals surface area contributed by atoms with Crippen molar-refractivity contribution >= 4 is 11.7 Å². The Labute approximate surface area is 92.2 Å². The first-order valence-electron chi connectivity index (χ1n) is 4.09. The van der Waals surface area contributed by atoms with Crippen LogP contribution in [0.2, 0.25) is 0 Å². The SMILES string of the molecule is COC(=O)c1nc(F)cc(C(F)F)c1[N+](=O)[O-]. The molecule has 6 nitrogen and oxygen atoms in total. The van der Waals surface area contributed by atoms with Gasteiger partial charge in [-0.1, -0.05) is 0 Å². The van der Waals surface area contributed by atoms with E-state index < -0.39 is 40.2 Å². The van der Waals surface area contributed by atoms with Crippen LogP contribution in [-0.2, 0) is 4.74 Å². The molecule has 0 radical (unpaired) electrons. The third kappa shape index (κ3) is 2.49. The van der Waals surface area contributed by atoms with Crippen molar-refractivity contribution in [2.24, 2.45) is 0 Å². The van der Waals surface area contributed by atoms with E-state index in [0.29, 0.717) is 0 Å². The third-order valence-electron chi connectivity index (χ3n) is 1.79. The van der Waals surface area contributed by atoms with Crippen LogP contribution in [0.4, 0.5) is 18.9 Å². The molecule has 1 heterocycles. The van der Waals surface area contributed by atoms with Crippen molar-refractivity contribution < 1.29 is 27.6 Å². The minimum atomic E-state index is -3.31. The predicted molar refractivity (Wildman–Crippen MR) is 47.1 cm³/mol. The zero-order valence-corrected chi connectivity index (χ0v) is 8.32. The highest BCUT2D eigenvalue weighted by molar-refractivity contribution is 5.92. The molecule has 1 rings (SSSR count). The summed E-state index contributed by atoms with van der Waals surface area (Å²) in [4.78, 5) is 23.3. The fourth-order valence-electron chi connectivity index (χ4n) is 1.12. The summed E-state index contributed by atoms with van der Waals surface area (Å²) in [7, 11) is 0.862. The van der Waals surface area contributed by atoms with Gasteiger partial charge in [0, 0.05) is 6.07 Å². The van der Waals surface area contributed by atoms with Gasteiger partial charge < -0.3 is 4.74 Å². The zero-order chi connectivity index (χ0) is 13.2. The van der Waals surface area contributed by atoms with E-state index in [4.69, 9.17) is 0 Å². The molecule has 0 bridgehead atoms. The fourth-order valence-corrected chi connectivity index (χ4v) is 1.12. The lowest BCUT2D eigenvalue weighted by atomic mass is 10.2. The maximum absolute atomic E-state index is 12.9. The second-order valence-electron chi connectivity index (χ2n) is 2.78. The van der Waals surface area contributed by atoms with E-state index in [9.17, 15) is 28.1 Å². The topological polar surface area (TPSA) is 82.3 Å². The second-order valence-corrected chi connectivity index (χ2v) is 2.78. The number of halogens is 3. The smallest absolute Gasteiger partial charge is 0.364 e. The number of carbonyl (C=O) groups excluding carboxylic acids is 1. The normalized spacial score (nSPS) is 10.4. The average Bonchev–Trinajstić information content (AvgIpc) is 2.26. The molecule has 0 aliphatic heterocycles. The Bertz CT molecular complexity index is 478. The summed E-state index contributed by atoms with van der Waals surface area (Å²) >= 11 is 0. The number of esters is 1. The summed E-state index contributed by atoms with van der Waals surface area (Å²) in [5, 5.41) is 10.6. The molecule has 1 aromatic heterocycles. The van der Waals surface area contributed by atoms with Crippen molar-refractivity contribution in [1.82, 2.24) is 4.98 Å². The molecule has 0 amide bonds. The molecule has 17 heavy (non-hydrogen) atoms. The van der Waals surface area contributed by atoms with Crippen molar-refractivity contribution in [3.05, 3.63) is 33.4 Å². The number of rotatable bonds is 3. The molecule has 92 valence electrons. The number of carbonyl (C=O) groups is 1. The van der Waals surface area contributed by atoms with Crippen LogP contribution in [0, 0.1) is 16.1 Å². The Morgan fingerprint density at radius 1 is 1.59 bits per heavy atom. The number of alkyl halides is 2. The molecule has 9 heteroatoms. The number of nitro groups is 1. The van der Waals surface area contributed by atoms with Crippen LogP contribution in [0.1, 0.15) is 22.5 Å². The molecule has 0 fully saturated rings. The molecular weight excluding hydrogens is 245 g/mol. The van der Waals surface area contributed by atoms with Crippen LogP contribution in [-0.4, -0.2) is 23.0 Å². The number of hydrogen-bond donors (Lipinski definition) is 0. The standard InChI is InChI=1S/C8H5F3N2O4/c1-17-8(14)5-6(13(15)16)3(7(10)11)2-4(9)12-5/h2,7H,1H3. The van der Waals surface area contributed by atoms with Crippen LogP contribution < -0.4 is 0 Å². The molecule has 0 N–H and O–H groups in total. The lowest BCUT2D eigenvalue weighted by Gasteiger charge is -2.05. The van der Waals surface area contributed by atoms with Gasteiger partial charge in [-0.25, -0.2) is 18.6 Å².